The van der Waals surface area contributed by atoms with Gasteiger partial charge in [0.15, 0.2) is 0 Å². The average molecular weight is 557 g/mol. The van der Waals surface area contributed by atoms with Crippen molar-refractivity contribution in [3.63, 3.8) is 0 Å². The lowest BCUT2D eigenvalue weighted by atomic mass is 10.0. The van der Waals surface area contributed by atoms with Crippen LogP contribution in [0.1, 0.15) is 37.4 Å². The fourth-order valence-electron chi connectivity index (χ4n) is 6.47. The summed E-state index contributed by atoms with van der Waals surface area (Å²) in [6, 6.07) is 12.8. The van der Waals surface area contributed by atoms with Crippen molar-refractivity contribution in [3.05, 3.63) is 60.3 Å². The lowest BCUT2D eigenvalue weighted by molar-refractivity contribution is -0.126. The number of piperidine rings is 1. The molecule has 1 atom stereocenters. The molecule has 2 saturated heterocycles. The van der Waals surface area contributed by atoms with Crippen molar-refractivity contribution in [1.82, 2.24) is 19.8 Å². The second-order valence-electron chi connectivity index (χ2n) is 11.4. The summed E-state index contributed by atoms with van der Waals surface area (Å²) < 4.78 is 6.23. The fourth-order valence-corrected chi connectivity index (χ4v) is 6.47. The van der Waals surface area contributed by atoms with E-state index >= 15 is 0 Å². The summed E-state index contributed by atoms with van der Waals surface area (Å²) in [5, 5.41) is 12.6. The monoisotopic (exact) mass is 556 g/mol. The van der Waals surface area contributed by atoms with Crippen molar-refractivity contribution in [2.24, 2.45) is 0 Å². The molecule has 9 heteroatoms. The second-order valence-corrected chi connectivity index (χ2v) is 11.4. The number of rotatable bonds is 7. The number of phenols is 1. The van der Waals surface area contributed by atoms with E-state index in [4.69, 9.17) is 14.7 Å². The number of likely N-dealkylation sites (tertiary alicyclic amines) is 1. The number of fused-ring (bicyclic) bond motifs is 2. The zero-order valence-corrected chi connectivity index (χ0v) is 24.0. The molecule has 1 N–H and O–H groups in total. The topological polar surface area (TPSA) is 85.3 Å². The number of phenolic OH excluding ortho intramolecular Hbond substituents is 1. The Balaban J connectivity index is 1.27. The Hall–Kier alpha value is -3.85. The first-order chi connectivity index (χ1) is 20.0. The molecule has 1 amide bonds. The van der Waals surface area contributed by atoms with Crippen molar-refractivity contribution in [3.8, 4) is 11.8 Å². The van der Waals surface area contributed by atoms with Crippen LogP contribution < -0.4 is 14.5 Å². The van der Waals surface area contributed by atoms with Crippen molar-refractivity contribution in [2.75, 3.05) is 62.2 Å². The third-order valence-electron chi connectivity index (χ3n) is 8.80. The Bertz CT molecular complexity index is 1420. The van der Waals surface area contributed by atoms with E-state index in [1.807, 2.05) is 35.2 Å². The lowest BCUT2D eigenvalue weighted by Gasteiger charge is -2.38. The molecule has 0 saturated carbocycles. The van der Waals surface area contributed by atoms with Crippen LogP contribution in [0.3, 0.4) is 0 Å². The highest BCUT2D eigenvalue weighted by atomic mass is 16.5. The van der Waals surface area contributed by atoms with Gasteiger partial charge in [0, 0.05) is 68.0 Å². The first-order valence-electron chi connectivity index (χ1n) is 14.9. The SMILES string of the molecule is C=CC(=O)N1CCN(c2nc(OCCN3CCCCC3C)nc3c2CCN(c2cc(O)cc4ccccc24)C3)CC1. The summed E-state index contributed by atoms with van der Waals surface area (Å²) in [5.41, 5.74) is 3.11. The van der Waals surface area contributed by atoms with E-state index in [1.165, 1.54) is 25.3 Å². The Morgan fingerprint density at radius 1 is 1.07 bits per heavy atom. The first-order valence-corrected chi connectivity index (χ1v) is 14.9. The van der Waals surface area contributed by atoms with Crippen molar-refractivity contribution in [1.29, 1.82) is 0 Å². The van der Waals surface area contributed by atoms with Crippen LogP contribution in [0.25, 0.3) is 10.8 Å². The minimum Gasteiger partial charge on any atom is -0.508 e. The van der Waals surface area contributed by atoms with Gasteiger partial charge in [-0.25, -0.2) is 0 Å². The van der Waals surface area contributed by atoms with Crippen LogP contribution in [0.15, 0.2) is 49.1 Å². The quantitative estimate of drug-likeness (QED) is 0.438. The molecule has 9 nitrogen and oxygen atoms in total. The summed E-state index contributed by atoms with van der Waals surface area (Å²) in [4.78, 5) is 31.0. The summed E-state index contributed by atoms with van der Waals surface area (Å²) in [6.45, 7) is 12.5. The first kappa shape index (κ1) is 27.3. The van der Waals surface area contributed by atoms with Gasteiger partial charge in [-0.1, -0.05) is 37.3 Å². The predicted octanol–water partition coefficient (Wildman–Crippen LogP) is 3.99. The molecule has 4 heterocycles. The summed E-state index contributed by atoms with van der Waals surface area (Å²) in [5.74, 6) is 1.15. The number of piperazine rings is 1. The molecule has 3 aliphatic heterocycles. The maximum atomic E-state index is 12.2. The van der Waals surface area contributed by atoms with Crippen LogP contribution in [-0.4, -0.2) is 89.2 Å². The zero-order valence-electron chi connectivity index (χ0n) is 24.0. The molecule has 41 heavy (non-hydrogen) atoms. The fraction of sp³-hybridized carbons (Fsp3) is 0.469. The standard InChI is InChI=1S/C32H40N6O3/c1-3-30(40)36-14-16-37(17-15-36)31-27-11-13-38(29-21-25(39)20-24-9-4-5-10-26(24)29)22-28(27)33-32(34-31)41-19-18-35-12-7-6-8-23(35)2/h3-5,9-10,20-21,23,39H,1,6-8,11-19,22H2,2H3. The summed E-state index contributed by atoms with van der Waals surface area (Å²) in [7, 11) is 0. The number of carbonyl (C=O) groups excluding carboxylic acids is 1. The molecule has 0 aliphatic carbocycles. The molecule has 0 spiro atoms. The van der Waals surface area contributed by atoms with Crippen LogP contribution in [0.4, 0.5) is 11.5 Å². The molecule has 1 unspecified atom stereocenters. The molecule has 2 fully saturated rings. The minimum absolute atomic E-state index is 0.0284. The van der Waals surface area contributed by atoms with Gasteiger partial charge in [0.05, 0.1) is 12.2 Å². The van der Waals surface area contributed by atoms with Gasteiger partial charge in [0.2, 0.25) is 5.91 Å². The van der Waals surface area contributed by atoms with Crippen molar-refractivity contribution in [2.45, 2.75) is 45.2 Å². The van der Waals surface area contributed by atoms with Crippen LogP contribution in [-0.2, 0) is 17.8 Å². The third kappa shape index (κ3) is 5.81. The molecule has 2 aromatic carbocycles. The third-order valence-corrected chi connectivity index (χ3v) is 8.80. The van der Waals surface area contributed by atoms with E-state index < -0.39 is 0 Å². The Kier molecular flexibility index (Phi) is 7.96. The maximum Gasteiger partial charge on any atom is 0.318 e. The number of amides is 1. The van der Waals surface area contributed by atoms with Gasteiger partial charge in [0.25, 0.3) is 0 Å². The largest absolute Gasteiger partial charge is 0.508 e. The van der Waals surface area contributed by atoms with Gasteiger partial charge >= 0.3 is 6.01 Å². The molecule has 216 valence electrons. The molecule has 0 radical (unpaired) electrons. The predicted molar refractivity (Wildman–Crippen MR) is 162 cm³/mol. The number of anilines is 2. The molecule has 1 aromatic heterocycles. The number of benzene rings is 2. The number of nitrogens with zero attached hydrogens (tertiary/aromatic N) is 6. The number of hydrogen-bond donors (Lipinski definition) is 1. The number of hydrogen-bond acceptors (Lipinski definition) is 8. The smallest absolute Gasteiger partial charge is 0.318 e. The Morgan fingerprint density at radius 3 is 2.71 bits per heavy atom. The second kappa shape index (κ2) is 11.9. The van der Waals surface area contributed by atoms with Crippen molar-refractivity contribution >= 4 is 28.2 Å². The van der Waals surface area contributed by atoms with Gasteiger partial charge in [-0.2, -0.15) is 9.97 Å². The number of aromatic nitrogens is 2. The van der Waals surface area contributed by atoms with Gasteiger partial charge < -0.3 is 24.5 Å². The molecule has 3 aliphatic rings. The van der Waals surface area contributed by atoms with Gasteiger partial charge in [-0.15, -0.1) is 0 Å². The number of carbonyl (C=O) groups is 1. The van der Waals surface area contributed by atoms with E-state index in [0.717, 1.165) is 59.6 Å². The number of aromatic hydroxyl groups is 1. The minimum atomic E-state index is -0.0284. The highest BCUT2D eigenvalue weighted by Gasteiger charge is 2.29. The molecular weight excluding hydrogens is 516 g/mol. The van der Waals surface area contributed by atoms with Gasteiger partial charge in [-0.3, -0.25) is 9.69 Å². The summed E-state index contributed by atoms with van der Waals surface area (Å²) >= 11 is 0. The number of ether oxygens (including phenoxy) is 1. The van der Waals surface area contributed by atoms with Crippen LogP contribution in [0.5, 0.6) is 11.8 Å². The summed E-state index contributed by atoms with van der Waals surface area (Å²) in [6.07, 6.45) is 5.94. The zero-order chi connectivity index (χ0) is 28.3. The maximum absolute atomic E-state index is 12.2. The van der Waals surface area contributed by atoms with Crippen LogP contribution >= 0.6 is 0 Å². The highest BCUT2D eigenvalue weighted by Crippen LogP contribution is 2.36. The molecule has 3 aromatic rings. The average Bonchev–Trinajstić information content (AvgIpc) is 3.00. The van der Waals surface area contributed by atoms with Gasteiger partial charge in [0.1, 0.15) is 18.2 Å². The highest BCUT2D eigenvalue weighted by molar-refractivity contribution is 5.95. The van der Waals surface area contributed by atoms with E-state index in [0.29, 0.717) is 51.4 Å². The molecule has 0 bridgehead atoms. The Morgan fingerprint density at radius 2 is 1.90 bits per heavy atom. The molecular formula is C32H40N6O3. The van der Waals surface area contributed by atoms with Crippen LogP contribution in [0.2, 0.25) is 0 Å². The van der Waals surface area contributed by atoms with Gasteiger partial charge in [-0.05, 0) is 50.3 Å². The Labute approximate surface area is 242 Å². The lowest BCUT2D eigenvalue weighted by Crippen LogP contribution is -2.49. The molecule has 6 rings (SSSR count). The van der Waals surface area contributed by atoms with Crippen molar-refractivity contribution < 1.29 is 14.6 Å². The van der Waals surface area contributed by atoms with E-state index in [2.05, 4.69) is 34.3 Å². The van der Waals surface area contributed by atoms with Crippen LogP contribution in [0, 0.1) is 0 Å². The normalized spacial score (nSPS) is 19.7. The van der Waals surface area contributed by atoms with E-state index in [1.54, 1.807) is 0 Å². The van der Waals surface area contributed by atoms with E-state index in [-0.39, 0.29) is 11.7 Å². The van der Waals surface area contributed by atoms with E-state index in [9.17, 15) is 9.90 Å².